The molecular formula is C18H20O4. The van der Waals surface area contributed by atoms with Crippen LogP contribution in [0.1, 0.15) is 37.3 Å². The summed E-state index contributed by atoms with van der Waals surface area (Å²) >= 11 is 0. The molecule has 0 unspecified atom stereocenters. The second-order valence-electron chi connectivity index (χ2n) is 5.52. The molecule has 2 N–H and O–H groups in total. The molecule has 4 heteroatoms. The van der Waals surface area contributed by atoms with Gasteiger partial charge in [-0.1, -0.05) is 32.0 Å². The van der Waals surface area contributed by atoms with E-state index in [0.29, 0.717) is 18.1 Å². The molecule has 0 aliphatic heterocycles. The van der Waals surface area contributed by atoms with Crippen LogP contribution in [-0.4, -0.2) is 16.2 Å². The zero-order valence-electron chi connectivity index (χ0n) is 12.7. The van der Waals surface area contributed by atoms with E-state index >= 15 is 0 Å². The number of benzene rings is 2. The van der Waals surface area contributed by atoms with Gasteiger partial charge in [-0.15, -0.1) is 0 Å². The summed E-state index contributed by atoms with van der Waals surface area (Å²) in [6.07, 6.45) is 0.646. The molecule has 0 bridgehead atoms. The van der Waals surface area contributed by atoms with Gasteiger partial charge >= 0.3 is 5.97 Å². The van der Waals surface area contributed by atoms with Gasteiger partial charge in [-0.2, -0.15) is 0 Å². The highest BCUT2D eigenvalue weighted by Gasteiger charge is 2.08. The van der Waals surface area contributed by atoms with E-state index in [2.05, 4.69) is 13.8 Å². The fraction of sp³-hybridized carbons (Fsp3) is 0.278. The van der Waals surface area contributed by atoms with Crippen LogP contribution < -0.4 is 4.74 Å². The zero-order chi connectivity index (χ0) is 16.1. The Hall–Kier alpha value is -2.49. The molecule has 2 rings (SSSR count). The number of esters is 1. The lowest BCUT2D eigenvalue weighted by Crippen LogP contribution is -2.09. The van der Waals surface area contributed by atoms with Gasteiger partial charge in [-0.05, 0) is 47.7 Å². The van der Waals surface area contributed by atoms with Crippen LogP contribution in [0.25, 0.3) is 0 Å². The van der Waals surface area contributed by atoms with Gasteiger partial charge in [0.1, 0.15) is 5.75 Å². The van der Waals surface area contributed by atoms with Gasteiger partial charge in [0.15, 0.2) is 11.5 Å². The van der Waals surface area contributed by atoms with E-state index in [1.165, 1.54) is 12.1 Å². The Kier molecular flexibility index (Phi) is 5.04. The number of aryl methyl sites for hydroxylation is 1. The fourth-order valence-electron chi connectivity index (χ4n) is 2.09. The third kappa shape index (κ3) is 4.25. The number of carbonyl (C=O) groups excluding carboxylic acids is 1. The van der Waals surface area contributed by atoms with Crippen molar-refractivity contribution in [3.05, 3.63) is 53.6 Å². The minimum absolute atomic E-state index is 0.170. The minimum atomic E-state index is -0.325. The SMILES string of the molecule is CC(C)c1cccc(OC(=O)CCc2ccc(O)c(O)c2)c1. The molecule has 0 atom stereocenters. The lowest BCUT2D eigenvalue weighted by atomic mass is 10.0. The van der Waals surface area contributed by atoms with Crippen LogP contribution in [0.15, 0.2) is 42.5 Å². The summed E-state index contributed by atoms with van der Waals surface area (Å²) in [5.41, 5.74) is 1.89. The Morgan fingerprint density at radius 3 is 2.55 bits per heavy atom. The summed E-state index contributed by atoms with van der Waals surface area (Å²) in [5, 5.41) is 18.7. The smallest absolute Gasteiger partial charge is 0.311 e. The van der Waals surface area contributed by atoms with Crippen LogP contribution in [0.5, 0.6) is 17.2 Å². The van der Waals surface area contributed by atoms with E-state index in [0.717, 1.165) is 11.1 Å². The maximum atomic E-state index is 11.9. The third-order valence-electron chi connectivity index (χ3n) is 3.41. The summed E-state index contributed by atoms with van der Waals surface area (Å²) in [7, 11) is 0. The average Bonchev–Trinajstić information content (AvgIpc) is 2.49. The molecule has 0 fully saturated rings. The Labute approximate surface area is 130 Å². The average molecular weight is 300 g/mol. The van der Waals surface area contributed by atoms with Gasteiger partial charge in [-0.25, -0.2) is 0 Å². The first-order valence-corrected chi connectivity index (χ1v) is 7.27. The van der Waals surface area contributed by atoms with Gasteiger partial charge in [0.2, 0.25) is 0 Å². The Balaban J connectivity index is 1.92. The molecule has 0 saturated heterocycles. The molecule has 0 aliphatic carbocycles. The Bertz CT molecular complexity index is 662. The quantitative estimate of drug-likeness (QED) is 0.501. The number of hydrogen-bond donors (Lipinski definition) is 2. The fourth-order valence-corrected chi connectivity index (χ4v) is 2.09. The molecule has 116 valence electrons. The van der Waals surface area contributed by atoms with Crippen LogP contribution in [0.4, 0.5) is 0 Å². The number of phenolic OH excluding ortho intramolecular Hbond substituents is 2. The van der Waals surface area contributed by atoms with E-state index < -0.39 is 0 Å². The predicted molar refractivity (Wildman–Crippen MR) is 84.3 cm³/mol. The number of rotatable bonds is 5. The molecular weight excluding hydrogens is 280 g/mol. The van der Waals surface area contributed by atoms with E-state index in [-0.39, 0.29) is 23.9 Å². The first kappa shape index (κ1) is 15.9. The largest absolute Gasteiger partial charge is 0.504 e. The summed E-state index contributed by atoms with van der Waals surface area (Å²) in [6.45, 7) is 4.16. The molecule has 0 saturated carbocycles. The molecule has 2 aromatic rings. The molecule has 22 heavy (non-hydrogen) atoms. The third-order valence-corrected chi connectivity index (χ3v) is 3.41. The van der Waals surface area contributed by atoms with Crippen molar-refractivity contribution in [1.82, 2.24) is 0 Å². The summed E-state index contributed by atoms with van der Waals surface area (Å²) < 4.78 is 5.33. The number of aromatic hydroxyl groups is 2. The summed E-state index contributed by atoms with van der Waals surface area (Å²) in [5.74, 6) is 0.240. The highest BCUT2D eigenvalue weighted by molar-refractivity contribution is 5.72. The zero-order valence-corrected chi connectivity index (χ0v) is 12.7. The molecule has 0 amide bonds. The topological polar surface area (TPSA) is 66.8 Å². The van der Waals surface area contributed by atoms with Gasteiger partial charge in [-0.3, -0.25) is 4.79 Å². The molecule has 0 aliphatic rings. The number of ether oxygens (including phenoxy) is 1. The number of carbonyl (C=O) groups is 1. The van der Waals surface area contributed by atoms with Gasteiger partial charge in [0, 0.05) is 6.42 Å². The van der Waals surface area contributed by atoms with Crippen molar-refractivity contribution in [3.8, 4) is 17.2 Å². The standard InChI is InChI=1S/C18H20O4/c1-12(2)14-4-3-5-15(11-14)22-18(21)9-7-13-6-8-16(19)17(20)10-13/h3-6,8,10-12,19-20H,7,9H2,1-2H3. The van der Waals surface area contributed by atoms with Crippen molar-refractivity contribution < 1.29 is 19.7 Å². The highest BCUT2D eigenvalue weighted by Crippen LogP contribution is 2.25. The second kappa shape index (κ2) is 6.98. The lowest BCUT2D eigenvalue weighted by Gasteiger charge is -2.09. The molecule has 0 spiro atoms. The van der Waals surface area contributed by atoms with Gasteiger partial charge < -0.3 is 14.9 Å². The van der Waals surface area contributed by atoms with E-state index in [9.17, 15) is 15.0 Å². The maximum Gasteiger partial charge on any atom is 0.311 e. The molecule has 0 aromatic heterocycles. The molecule has 0 radical (unpaired) electrons. The van der Waals surface area contributed by atoms with Crippen molar-refractivity contribution in [2.75, 3.05) is 0 Å². The minimum Gasteiger partial charge on any atom is -0.504 e. The van der Waals surface area contributed by atoms with Crippen LogP contribution in [0, 0.1) is 0 Å². The van der Waals surface area contributed by atoms with E-state index in [1.54, 1.807) is 12.1 Å². The van der Waals surface area contributed by atoms with Crippen molar-refractivity contribution >= 4 is 5.97 Å². The molecule has 4 nitrogen and oxygen atoms in total. The molecule has 2 aromatic carbocycles. The monoisotopic (exact) mass is 300 g/mol. The Morgan fingerprint density at radius 2 is 1.86 bits per heavy atom. The van der Waals surface area contributed by atoms with Crippen LogP contribution in [0.3, 0.4) is 0 Å². The van der Waals surface area contributed by atoms with Crippen molar-refractivity contribution in [2.45, 2.75) is 32.6 Å². The predicted octanol–water partition coefficient (Wildman–Crippen LogP) is 3.76. The molecule has 0 heterocycles. The van der Waals surface area contributed by atoms with Gasteiger partial charge in [0.05, 0.1) is 0 Å². The van der Waals surface area contributed by atoms with E-state index in [4.69, 9.17) is 4.74 Å². The van der Waals surface area contributed by atoms with E-state index in [1.807, 2.05) is 18.2 Å². The first-order chi connectivity index (χ1) is 10.5. The van der Waals surface area contributed by atoms with Crippen LogP contribution >= 0.6 is 0 Å². The highest BCUT2D eigenvalue weighted by atomic mass is 16.5. The number of hydrogen-bond acceptors (Lipinski definition) is 4. The normalized spacial score (nSPS) is 10.7. The summed E-state index contributed by atoms with van der Waals surface area (Å²) in [6, 6.07) is 12.0. The Morgan fingerprint density at radius 1 is 1.09 bits per heavy atom. The van der Waals surface area contributed by atoms with Crippen molar-refractivity contribution in [2.24, 2.45) is 0 Å². The second-order valence-corrected chi connectivity index (χ2v) is 5.52. The lowest BCUT2D eigenvalue weighted by molar-refractivity contribution is -0.134. The van der Waals surface area contributed by atoms with Crippen molar-refractivity contribution in [3.63, 3.8) is 0 Å². The first-order valence-electron chi connectivity index (χ1n) is 7.27. The van der Waals surface area contributed by atoms with Crippen molar-refractivity contribution in [1.29, 1.82) is 0 Å². The van der Waals surface area contributed by atoms with Gasteiger partial charge in [0.25, 0.3) is 0 Å². The van der Waals surface area contributed by atoms with Crippen LogP contribution in [0.2, 0.25) is 0 Å². The van der Waals surface area contributed by atoms with Crippen LogP contribution in [-0.2, 0) is 11.2 Å². The number of phenols is 2. The maximum absolute atomic E-state index is 11.9. The summed E-state index contributed by atoms with van der Waals surface area (Å²) in [4.78, 5) is 11.9.